The van der Waals surface area contributed by atoms with E-state index in [9.17, 15) is 4.79 Å². The Morgan fingerprint density at radius 2 is 1.36 bits per heavy atom. The van der Waals surface area contributed by atoms with Crippen LogP contribution >= 0.6 is 23.4 Å². The van der Waals surface area contributed by atoms with Gasteiger partial charge in [-0.3, -0.25) is 4.79 Å². The number of H-pyrrole nitrogens is 1. The maximum absolute atomic E-state index is 13.4. The van der Waals surface area contributed by atoms with Crippen LogP contribution in [0.3, 0.4) is 0 Å². The number of pyridine rings is 1. The molecule has 4 aromatic carbocycles. The van der Waals surface area contributed by atoms with E-state index in [1.807, 2.05) is 103 Å². The van der Waals surface area contributed by atoms with Gasteiger partial charge in [0, 0.05) is 32.6 Å². The molecule has 0 bridgehead atoms. The van der Waals surface area contributed by atoms with Crippen LogP contribution in [0.15, 0.2) is 129 Å². The highest BCUT2D eigenvalue weighted by Gasteiger charge is 2.22. The van der Waals surface area contributed by atoms with Gasteiger partial charge in [-0.1, -0.05) is 103 Å². The number of oxazole rings is 1. The van der Waals surface area contributed by atoms with Crippen molar-refractivity contribution in [1.82, 2.24) is 9.97 Å². The molecular weight excluding hydrogens is 488 g/mol. The number of rotatable bonds is 5. The zero-order valence-corrected chi connectivity index (χ0v) is 20.5. The first-order chi connectivity index (χ1) is 17.7. The normalized spacial score (nSPS) is 11.1. The van der Waals surface area contributed by atoms with Crippen LogP contribution < -0.4 is 5.56 Å². The van der Waals surface area contributed by atoms with Crippen LogP contribution in [0.1, 0.15) is 0 Å². The van der Waals surface area contributed by atoms with E-state index in [0.717, 1.165) is 38.9 Å². The van der Waals surface area contributed by atoms with Crippen molar-refractivity contribution in [3.63, 3.8) is 0 Å². The Balaban J connectivity index is 1.56. The third kappa shape index (κ3) is 4.24. The molecule has 0 atom stereocenters. The molecule has 174 valence electrons. The first kappa shape index (κ1) is 22.4. The van der Waals surface area contributed by atoms with Gasteiger partial charge in [0.15, 0.2) is 5.76 Å². The zero-order chi connectivity index (χ0) is 24.5. The number of benzene rings is 4. The molecule has 36 heavy (non-hydrogen) atoms. The van der Waals surface area contributed by atoms with E-state index in [-0.39, 0.29) is 5.56 Å². The lowest BCUT2D eigenvalue weighted by Crippen LogP contribution is -2.10. The van der Waals surface area contributed by atoms with E-state index >= 15 is 0 Å². The molecule has 2 aromatic heterocycles. The van der Waals surface area contributed by atoms with Gasteiger partial charge in [0.05, 0.1) is 4.90 Å². The highest BCUT2D eigenvalue weighted by molar-refractivity contribution is 7.99. The van der Waals surface area contributed by atoms with Crippen LogP contribution in [0.25, 0.3) is 44.6 Å². The summed E-state index contributed by atoms with van der Waals surface area (Å²) >= 11 is 7.58. The van der Waals surface area contributed by atoms with Gasteiger partial charge < -0.3 is 9.40 Å². The second-order valence-electron chi connectivity index (χ2n) is 8.21. The molecule has 0 aliphatic carbocycles. The first-order valence-corrected chi connectivity index (χ1v) is 12.6. The molecule has 0 amide bonds. The van der Waals surface area contributed by atoms with Gasteiger partial charge in [0.1, 0.15) is 5.69 Å². The summed E-state index contributed by atoms with van der Waals surface area (Å²) in [5.41, 5.74) is 4.79. The highest BCUT2D eigenvalue weighted by Crippen LogP contribution is 2.41. The number of nitrogens with one attached hydrogen (secondary N) is 1. The summed E-state index contributed by atoms with van der Waals surface area (Å²) in [5, 5.41) is 1.84. The van der Waals surface area contributed by atoms with Gasteiger partial charge >= 0.3 is 0 Å². The van der Waals surface area contributed by atoms with Crippen LogP contribution in [-0.2, 0) is 0 Å². The standard InChI is InChI=1S/C30H19ClN2O2S/c31-22-16-17-24-23(18-22)25(19-10-4-1-5-11-19)28(29(34)32-24)36-30-33-26(20-12-6-2-7-13-20)27(35-30)21-14-8-3-9-15-21/h1-18H,(H,32,34). The molecule has 0 fully saturated rings. The maximum Gasteiger partial charge on any atom is 0.263 e. The number of hydrogen-bond donors (Lipinski definition) is 1. The van der Waals surface area contributed by atoms with Crippen molar-refractivity contribution >= 4 is 34.3 Å². The summed E-state index contributed by atoms with van der Waals surface area (Å²) in [5.74, 6) is 0.658. The highest BCUT2D eigenvalue weighted by atomic mass is 35.5. The molecule has 0 saturated heterocycles. The average molecular weight is 507 g/mol. The van der Waals surface area contributed by atoms with Crippen LogP contribution in [0.2, 0.25) is 5.02 Å². The van der Waals surface area contributed by atoms with Gasteiger partial charge in [-0.05, 0) is 35.5 Å². The van der Waals surface area contributed by atoms with Crippen molar-refractivity contribution < 1.29 is 4.42 Å². The maximum atomic E-state index is 13.4. The third-order valence-electron chi connectivity index (χ3n) is 5.88. The quantitative estimate of drug-likeness (QED) is 0.255. The number of fused-ring (bicyclic) bond motifs is 1. The molecule has 2 heterocycles. The number of aromatic nitrogens is 2. The minimum atomic E-state index is -0.214. The molecule has 0 saturated carbocycles. The second-order valence-corrected chi connectivity index (χ2v) is 9.60. The summed E-state index contributed by atoms with van der Waals surface area (Å²) in [4.78, 5) is 21.7. The lowest BCUT2D eigenvalue weighted by atomic mass is 10.0. The number of hydrogen-bond acceptors (Lipinski definition) is 4. The Labute approximate surface area is 216 Å². The fourth-order valence-corrected chi connectivity index (χ4v) is 5.33. The van der Waals surface area contributed by atoms with Crippen molar-refractivity contribution in [2.45, 2.75) is 10.1 Å². The van der Waals surface area contributed by atoms with E-state index < -0.39 is 0 Å². The van der Waals surface area contributed by atoms with Crippen LogP contribution in [0, 0.1) is 0 Å². The minimum absolute atomic E-state index is 0.214. The Morgan fingerprint density at radius 1 is 0.750 bits per heavy atom. The molecule has 6 rings (SSSR count). The molecule has 0 spiro atoms. The van der Waals surface area contributed by atoms with Crippen molar-refractivity contribution in [1.29, 1.82) is 0 Å². The molecule has 0 unspecified atom stereocenters. The van der Waals surface area contributed by atoms with Gasteiger partial charge in [-0.25, -0.2) is 4.98 Å². The van der Waals surface area contributed by atoms with E-state index in [1.165, 1.54) is 11.8 Å². The van der Waals surface area contributed by atoms with Crippen LogP contribution in [-0.4, -0.2) is 9.97 Å². The van der Waals surface area contributed by atoms with E-state index in [2.05, 4.69) is 4.98 Å². The molecule has 1 N–H and O–H groups in total. The molecule has 0 aliphatic heterocycles. The largest absolute Gasteiger partial charge is 0.430 e. The summed E-state index contributed by atoms with van der Waals surface area (Å²) in [6.45, 7) is 0. The number of halogens is 1. The number of nitrogens with zero attached hydrogens (tertiary/aromatic N) is 1. The second kappa shape index (κ2) is 9.53. The predicted octanol–water partition coefficient (Wildman–Crippen LogP) is 8.32. The SMILES string of the molecule is O=c1[nH]c2ccc(Cl)cc2c(-c2ccccc2)c1Sc1nc(-c2ccccc2)c(-c2ccccc2)o1. The van der Waals surface area contributed by atoms with E-state index in [4.69, 9.17) is 21.0 Å². The Bertz CT molecular complexity index is 1670. The van der Waals surface area contributed by atoms with E-state index in [0.29, 0.717) is 20.9 Å². The monoisotopic (exact) mass is 506 g/mol. The lowest BCUT2D eigenvalue weighted by molar-refractivity contribution is 0.466. The molecular formula is C30H19ClN2O2S. The van der Waals surface area contributed by atoms with Gasteiger partial charge in [0.2, 0.25) is 0 Å². The fourth-order valence-electron chi connectivity index (χ4n) is 4.24. The minimum Gasteiger partial charge on any atom is -0.430 e. The fraction of sp³-hybridized carbons (Fsp3) is 0. The smallest absolute Gasteiger partial charge is 0.263 e. The van der Waals surface area contributed by atoms with Crippen LogP contribution in [0.5, 0.6) is 0 Å². The van der Waals surface area contributed by atoms with Crippen molar-refractivity contribution in [2.75, 3.05) is 0 Å². The topological polar surface area (TPSA) is 58.9 Å². The Morgan fingerprint density at radius 3 is 2.03 bits per heavy atom. The van der Waals surface area contributed by atoms with Gasteiger partial charge in [-0.2, -0.15) is 0 Å². The molecule has 0 aliphatic rings. The number of aromatic amines is 1. The summed E-state index contributed by atoms with van der Waals surface area (Å²) in [6.07, 6.45) is 0. The molecule has 4 nitrogen and oxygen atoms in total. The van der Waals surface area contributed by atoms with Crippen molar-refractivity contribution in [3.05, 3.63) is 125 Å². The van der Waals surface area contributed by atoms with Gasteiger partial charge in [-0.15, -0.1) is 0 Å². The molecule has 6 heteroatoms. The van der Waals surface area contributed by atoms with Crippen molar-refractivity contribution in [2.24, 2.45) is 0 Å². The summed E-state index contributed by atoms with van der Waals surface area (Å²) < 4.78 is 6.31. The molecule has 6 aromatic rings. The lowest BCUT2D eigenvalue weighted by Gasteiger charge is -2.12. The summed E-state index contributed by atoms with van der Waals surface area (Å²) in [7, 11) is 0. The molecule has 0 radical (unpaired) electrons. The van der Waals surface area contributed by atoms with Crippen molar-refractivity contribution in [3.8, 4) is 33.7 Å². The van der Waals surface area contributed by atoms with E-state index in [1.54, 1.807) is 6.07 Å². The third-order valence-corrected chi connectivity index (χ3v) is 7.05. The average Bonchev–Trinajstić information content (AvgIpc) is 3.35. The Kier molecular flexibility index (Phi) is 5.93. The predicted molar refractivity (Wildman–Crippen MR) is 147 cm³/mol. The first-order valence-electron chi connectivity index (χ1n) is 11.4. The van der Waals surface area contributed by atoms with Crippen LogP contribution in [0.4, 0.5) is 0 Å². The summed E-state index contributed by atoms with van der Waals surface area (Å²) in [6, 6.07) is 35.1. The van der Waals surface area contributed by atoms with Gasteiger partial charge in [0.25, 0.3) is 10.8 Å². The Hall–Kier alpha value is -4.06. The zero-order valence-electron chi connectivity index (χ0n) is 18.9.